The lowest BCUT2D eigenvalue weighted by atomic mass is 9.96. The van der Waals surface area contributed by atoms with Gasteiger partial charge in [-0.1, -0.05) is 6.07 Å². The molecule has 1 aliphatic carbocycles. The number of carbonyl (C=O) groups is 2. The molecule has 0 saturated carbocycles. The van der Waals surface area contributed by atoms with Gasteiger partial charge in [-0.05, 0) is 56.4 Å². The van der Waals surface area contributed by atoms with E-state index in [1.807, 2.05) is 0 Å². The molecule has 1 atom stereocenters. The van der Waals surface area contributed by atoms with Gasteiger partial charge in [0.2, 0.25) is 10.0 Å². The molecule has 27 heavy (non-hydrogen) atoms. The Labute approximate surface area is 161 Å². The monoisotopic (exact) mass is 408 g/mol. The van der Waals surface area contributed by atoms with Gasteiger partial charge in [-0.3, -0.25) is 4.79 Å². The van der Waals surface area contributed by atoms with Crippen LogP contribution in [0, 0.1) is 0 Å². The molecule has 2 aromatic rings. The number of ether oxygens (including phenoxy) is 1. The maximum absolute atomic E-state index is 12.4. The number of sulfonamides is 1. The minimum atomic E-state index is -3.87. The number of nitrogens with one attached hydrogen (secondary N) is 1. The molecule has 1 aromatic heterocycles. The van der Waals surface area contributed by atoms with Gasteiger partial charge in [-0.25, -0.2) is 18.4 Å². The molecular formula is C18H20N2O5S2. The molecule has 1 aliphatic rings. The highest BCUT2D eigenvalue weighted by Crippen LogP contribution is 2.30. The van der Waals surface area contributed by atoms with Gasteiger partial charge >= 0.3 is 5.97 Å². The van der Waals surface area contributed by atoms with Crippen molar-refractivity contribution in [3.63, 3.8) is 0 Å². The molecule has 0 unspecified atom stereocenters. The molecule has 0 aliphatic heterocycles. The number of amides is 1. The Balaban J connectivity index is 1.66. The van der Waals surface area contributed by atoms with Crippen molar-refractivity contribution in [2.24, 2.45) is 5.14 Å². The number of fused-ring (bicyclic) bond motifs is 1. The van der Waals surface area contributed by atoms with Crippen molar-refractivity contribution in [1.82, 2.24) is 0 Å². The fourth-order valence-corrected chi connectivity index (χ4v) is 4.61. The normalized spacial score (nSPS) is 14.9. The van der Waals surface area contributed by atoms with Crippen molar-refractivity contribution in [3.05, 3.63) is 45.6 Å². The van der Waals surface area contributed by atoms with Gasteiger partial charge < -0.3 is 10.1 Å². The quantitative estimate of drug-likeness (QED) is 0.738. The summed E-state index contributed by atoms with van der Waals surface area (Å²) in [5.74, 6) is -1.07. The lowest BCUT2D eigenvalue weighted by Crippen LogP contribution is -2.30. The summed E-state index contributed by atoms with van der Waals surface area (Å²) in [6, 6.07) is 5.56. The first-order chi connectivity index (χ1) is 12.8. The van der Waals surface area contributed by atoms with Gasteiger partial charge in [0.15, 0.2) is 6.10 Å². The Morgan fingerprint density at radius 2 is 2.00 bits per heavy atom. The molecule has 0 fully saturated rings. The van der Waals surface area contributed by atoms with Gasteiger partial charge in [-0.15, -0.1) is 11.3 Å². The van der Waals surface area contributed by atoms with Crippen LogP contribution >= 0.6 is 11.3 Å². The number of nitrogens with two attached hydrogens (primary N) is 1. The predicted octanol–water partition coefficient (Wildman–Crippen LogP) is 2.46. The van der Waals surface area contributed by atoms with Crippen molar-refractivity contribution in [3.8, 4) is 0 Å². The van der Waals surface area contributed by atoms with Gasteiger partial charge in [0.25, 0.3) is 5.91 Å². The number of aryl methyl sites for hydroxylation is 1. The van der Waals surface area contributed by atoms with E-state index in [-0.39, 0.29) is 10.6 Å². The second-order valence-electron chi connectivity index (χ2n) is 6.37. The first-order valence-electron chi connectivity index (χ1n) is 8.49. The summed E-state index contributed by atoms with van der Waals surface area (Å²) >= 11 is 1.55. The SMILES string of the molecule is C[C@@H](OC(=O)c1csc2c1CCCC2)C(=O)Nc1cccc(S(N)(=O)=O)c1. The molecule has 3 N–H and O–H groups in total. The van der Waals surface area contributed by atoms with Crippen LogP contribution in [-0.4, -0.2) is 26.4 Å². The molecule has 144 valence electrons. The van der Waals surface area contributed by atoms with Crippen molar-refractivity contribution in [1.29, 1.82) is 0 Å². The number of hydrogen-bond acceptors (Lipinski definition) is 6. The van der Waals surface area contributed by atoms with Crippen molar-refractivity contribution in [2.45, 2.75) is 43.6 Å². The number of esters is 1. The third kappa shape index (κ3) is 4.55. The third-order valence-electron chi connectivity index (χ3n) is 4.36. The number of rotatable bonds is 5. The minimum absolute atomic E-state index is 0.116. The fraction of sp³-hybridized carbons (Fsp3) is 0.333. The van der Waals surface area contributed by atoms with E-state index in [0.29, 0.717) is 5.56 Å². The summed E-state index contributed by atoms with van der Waals surface area (Å²) in [4.78, 5) is 25.8. The predicted molar refractivity (Wildman–Crippen MR) is 102 cm³/mol. The maximum atomic E-state index is 12.4. The van der Waals surface area contributed by atoms with Crippen LogP contribution < -0.4 is 10.5 Å². The smallest absolute Gasteiger partial charge is 0.340 e. The largest absolute Gasteiger partial charge is 0.449 e. The van der Waals surface area contributed by atoms with Crippen LogP contribution in [0.1, 0.15) is 40.6 Å². The summed E-state index contributed by atoms with van der Waals surface area (Å²) in [6.07, 6.45) is 2.96. The molecule has 0 saturated heterocycles. The van der Waals surface area contributed by atoms with Crippen molar-refractivity contribution in [2.75, 3.05) is 5.32 Å². The number of benzene rings is 1. The lowest BCUT2D eigenvalue weighted by molar-refractivity contribution is -0.123. The van der Waals surface area contributed by atoms with E-state index >= 15 is 0 Å². The number of thiophene rings is 1. The lowest BCUT2D eigenvalue weighted by Gasteiger charge is -2.15. The molecule has 7 nitrogen and oxygen atoms in total. The zero-order valence-corrected chi connectivity index (χ0v) is 16.4. The Morgan fingerprint density at radius 1 is 1.26 bits per heavy atom. The highest BCUT2D eigenvalue weighted by Gasteiger charge is 2.25. The Morgan fingerprint density at radius 3 is 2.74 bits per heavy atom. The molecule has 9 heteroatoms. The third-order valence-corrected chi connectivity index (χ3v) is 6.36. The topological polar surface area (TPSA) is 116 Å². The zero-order valence-electron chi connectivity index (χ0n) is 14.7. The Hall–Kier alpha value is -2.23. The van der Waals surface area contributed by atoms with Crippen LogP contribution in [0.4, 0.5) is 5.69 Å². The van der Waals surface area contributed by atoms with Crippen LogP contribution in [0.3, 0.4) is 0 Å². The van der Waals surface area contributed by atoms with Gasteiger partial charge in [0.1, 0.15) is 0 Å². The molecule has 0 spiro atoms. The highest BCUT2D eigenvalue weighted by atomic mass is 32.2. The van der Waals surface area contributed by atoms with Crippen LogP contribution in [0.2, 0.25) is 0 Å². The van der Waals surface area contributed by atoms with Gasteiger partial charge in [0.05, 0.1) is 10.5 Å². The maximum Gasteiger partial charge on any atom is 0.340 e. The van der Waals surface area contributed by atoms with E-state index < -0.39 is 28.0 Å². The van der Waals surface area contributed by atoms with Gasteiger partial charge in [-0.2, -0.15) is 0 Å². The molecule has 0 radical (unpaired) electrons. The molecular weight excluding hydrogens is 388 g/mol. The van der Waals surface area contributed by atoms with Crippen LogP contribution in [0.15, 0.2) is 34.5 Å². The molecule has 0 bridgehead atoms. The van der Waals surface area contributed by atoms with Crippen LogP contribution in [0.5, 0.6) is 0 Å². The second-order valence-corrected chi connectivity index (χ2v) is 8.89. The summed E-state index contributed by atoms with van der Waals surface area (Å²) in [5, 5.41) is 9.41. The number of primary sulfonamides is 1. The number of anilines is 1. The minimum Gasteiger partial charge on any atom is -0.449 e. The number of carbonyl (C=O) groups excluding carboxylic acids is 2. The van der Waals surface area contributed by atoms with E-state index in [1.54, 1.807) is 16.7 Å². The summed E-state index contributed by atoms with van der Waals surface area (Å²) in [6.45, 7) is 1.47. The summed E-state index contributed by atoms with van der Waals surface area (Å²) < 4.78 is 28.1. The molecule has 3 rings (SSSR count). The Kier molecular flexibility index (Phi) is 5.64. The van der Waals surface area contributed by atoms with Crippen LogP contribution in [-0.2, 0) is 32.4 Å². The van der Waals surface area contributed by atoms with E-state index in [4.69, 9.17) is 9.88 Å². The first-order valence-corrected chi connectivity index (χ1v) is 10.9. The molecule has 1 heterocycles. The van der Waals surface area contributed by atoms with E-state index in [2.05, 4.69) is 5.32 Å². The van der Waals surface area contributed by atoms with Gasteiger partial charge in [0, 0.05) is 15.9 Å². The average molecular weight is 409 g/mol. The molecule has 1 aromatic carbocycles. The summed E-state index contributed by atoms with van der Waals surface area (Å²) in [7, 11) is -3.87. The summed E-state index contributed by atoms with van der Waals surface area (Å²) in [5.41, 5.74) is 1.82. The Bertz CT molecular complexity index is 981. The fourth-order valence-electron chi connectivity index (χ4n) is 2.94. The van der Waals surface area contributed by atoms with Crippen molar-refractivity contribution >= 4 is 38.9 Å². The van der Waals surface area contributed by atoms with Crippen LogP contribution in [0.25, 0.3) is 0 Å². The highest BCUT2D eigenvalue weighted by molar-refractivity contribution is 7.89. The zero-order chi connectivity index (χ0) is 19.6. The van der Waals surface area contributed by atoms with Crippen molar-refractivity contribution < 1.29 is 22.7 Å². The number of hydrogen-bond donors (Lipinski definition) is 2. The van der Waals surface area contributed by atoms with E-state index in [9.17, 15) is 18.0 Å². The van der Waals surface area contributed by atoms with E-state index in [0.717, 1.165) is 31.2 Å². The average Bonchev–Trinajstić information content (AvgIpc) is 3.05. The first kappa shape index (κ1) is 19.5. The second kappa shape index (κ2) is 7.79. The van der Waals surface area contributed by atoms with E-state index in [1.165, 1.54) is 36.1 Å². The molecule has 1 amide bonds. The standard InChI is InChI=1S/C18H20N2O5S2/c1-11(17(21)20-12-5-4-6-13(9-12)27(19,23)24)25-18(22)15-10-26-16-8-3-2-7-14(15)16/h4-6,9-11H,2-3,7-8H2,1H3,(H,20,21)(H2,19,23,24)/t11-/m1/s1.